The Labute approximate surface area is 96.4 Å². The van der Waals surface area contributed by atoms with Gasteiger partial charge in [0.2, 0.25) is 0 Å². The lowest BCUT2D eigenvalue weighted by molar-refractivity contribution is -0.138. The number of halogens is 4. The van der Waals surface area contributed by atoms with Crippen LogP contribution in [0.5, 0.6) is 5.75 Å². The minimum absolute atomic E-state index is 0.0221. The zero-order valence-corrected chi connectivity index (χ0v) is 9.54. The summed E-state index contributed by atoms with van der Waals surface area (Å²) in [6.07, 6.45) is -4.41. The second kappa shape index (κ2) is 4.93. The third-order valence-corrected chi connectivity index (χ3v) is 2.35. The molecule has 0 saturated carbocycles. The highest BCUT2D eigenvalue weighted by Gasteiger charge is 2.34. The van der Waals surface area contributed by atoms with Gasteiger partial charge in [-0.15, -0.1) is 0 Å². The SMILES string of the molecule is CNCc1cc(Cl)c(OC)cc1C(F)(F)F. The zero-order valence-electron chi connectivity index (χ0n) is 8.78. The molecule has 2 nitrogen and oxygen atoms in total. The van der Waals surface area contributed by atoms with Crippen LogP contribution in [0.15, 0.2) is 12.1 Å². The molecule has 1 aromatic carbocycles. The Bertz CT molecular complexity index is 379. The third kappa shape index (κ3) is 2.80. The van der Waals surface area contributed by atoms with Crippen LogP contribution >= 0.6 is 11.6 Å². The number of ether oxygens (including phenoxy) is 1. The first-order chi connectivity index (χ1) is 7.40. The van der Waals surface area contributed by atoms with Gasteiger partial charge < -0.3 is 10.1 Å². The average Bonchev–Trinajstić information content (AvgIpc) is 2.16. The molecule has 0 aromatic heterocycles. The number of nitrogens with one attached hydrogen (secondary N) is 1. The van der Waals surface area contributed by atoms with Gasteiger partial charge in [-0.1, -0.05) is 11.6 Å². The van der Waals surface area contributed by atoms with Gasteiger partial charge >= 0.3 is 6.18 Å². The van der Waals surface area contributed by atoms with Gasteiger partial charge in [0.15, 0.2) is 0 Å². The fraction of sp³-hybridized carbons (Fsp3) is 0.400. The lowest BCUT2D eigenvalue weighted by Gasteiger charge is -2.15. The van der Waals surface area contributed by atoms with Gasteiger partial charge in [0.05, 0.1) is 17.7 Å². The fourth-order valence-electron chi connectivity index (χ4n) is 1.35. The molecule has 1 aromatic rings. The van der Waals surface area contributed by atoms with E-state index in [4.69, 9.17) is 16.3 Å². The molecule has 1 rings (SSSR count). The van der Waals surface area contributed by atoms with E-state index in [0.717, 1.165) is 6.07 Å². The molecule has 16 heavy (non-hydrogen) atoms. The van der Waals surface area contributed by atoms with Crippen LogP contribution in [0, 0.1) is 0 Å². The summed E-state index contributed by atoms with van der Waals surface area (Å²) in [5, 5.41) is 2.83. The van der Waals surface area contributed by atoms with E-state index in [-0.39, 0.29) is 22.9 Å². The quantitative estimate of drug-likeness (QED) is 0.894. The number of hydrogen-bond donors (Lipinski definition) is 1. The molecule has 0 aliphatic heterocycles. The normalized spacial score (nSPS) is 11.6. The van der Waals surface area contributed by atoms with Gasteiger partial charge in [-0.2, -0.15) is 13.2 Å². The standard InChI is InChI=1S/C10H11ClF3NO/c1-15-5-6-3-8(11)9(16-2)4-7(6)10(12,13)14/h3-4,15H,5H2,1-2H3. The van der Waals surface area contributed by atoms with Crippen LogP contribution in [-0.2, 0) is 12.7 Å². The van der Waals surface area contributed by atoms with E-state index in [1.165, 1.54) is 13.2 Å². The van der Waals surface area contributed by atoms with E-state index in [1.807, 2.05) is 0 Å². The summed E-state index contributed by atoms with van der Waals surface area (Å²) in [6, 6.07) is 2.18. The van der Waals surface area contributed by atoms with Crippen LogP contribution in [0.4, 0.5) is 13.2 Å². The molecule has 0 bridgehead atoms. The van der Waals surface area contributed by atoms with Gasteiger partial charge in [0.25, 0.3) is 0 Å². The fourth-order valence-corrected chi connectivity index (χ4v) is 1.62. The van der Waals surface area contributed by atoms with Crippen molar-refractivity contribution >= 4 is 11.6 Å². The van der Waals surface area contributed by atoms with Gasteiger partial charge in [0, 0.05) is 6.54 Å². The van der Waals surface area contributed by atoms with Crippen molar-refractivity contribution in [3.8, 4) is 5.75 Å². The Kier molecular flexibility index (Phi) is 4.04. The van der Waals surface area contributed by atoms with Crippen LogP contribution < -0.4 is 10.1 Å². The van der Waals surface area contributed by atoms with E-state index in [2.05, 4.69) is 5.32 Å². The molecule has 0 fully saturated rings. The van der Waals surface area contributed by atoms with E-state index in [9.17, 15) is 13.2 Å². The average molecular weight is 254 g/mol. The summed E-state index contributed by atoms with van der Waals surface area (Å²) in [7, 11) is 2.84. The summed E-state index contributed by atoms with van der Waals surface area (Å²) in [5.41, 5.74) is -0.635. The largest absolute Gasteiger partial charge is 0.495 e. The molecule has 0 heterocycles. The molecule has 0 aliphatic carbocycles. The highest BCUT2D eigenvalue weighted by molar-refractivity contribution is 6.32. The van der Waals surface area contributed by atoms with Crippen molar-refractivity contribution in [1.29, 1.82) is 0 Å². The van der Waals surface area contributed by atoms with Crippen molar-refractivity contribution in [3.63, 3.8) is 0 Å². The van der Waals surface area contributed by atoms with Crippen molar-refractivity contribution in [1.82, 2.24) is 5.32 Å². The molecule has 0 unspecified atom stereocenters. The van der Waals surface area contributed by atoms with Gasteiger partial charge in [-0.3, -0.25) is 0 Å². The highest BCUT2D eigenvalue weighted by Crippen LogP contribution is 2.37. The Morgan fingerprint density at radius 1 is 1.38 bits per heavy atom. The molecule has 0 aliphatic rings. The van der Waals surface area contributed by atoms with Gasteiger partial charge in [0.1, 0.15) is 5.75 Å². The minimum Gasteiger partial charge on any atom is -0.495 e. The molecule has 0 spiro atoms. The van der Waals surface area contributed by atoms with Crippen molar-refractivity contribution in [2.75, 3.05) is 14.2 Å². The maximum atomic E-state index is 12.7. The summed E-state index contributed by atoms with van der Waals surface area (Å²) >= 11 is 5.77. The summed E-state index contributed by atoms with van der Waals surface area (Å²) in [5.74, 6) is 0.0221. The summed E-state index contributed by atoms with van der Waals surface area (Å²) in [6.45, 7) is 0.0958. The van der Waals surface area contributed by atoms with Crippen LogP contribution in [0.1, 0.15) is 11.1 Å². The molecular weight excluding hydrogens is 243 g/mol. The minimum atomic E-state index is -4.41. The molecule has 0 amide bonds. The Morgan fingerprint density at radius 2 is 2.00 bits per heavy atom. The Morgan fingerprint density at radius 3 is 2.44 bits per heavy atom. The van der Waals surface area contributed by atoms with E-state index in [0.29, 0.717) is 0 Å². The maximum absolute atomic E-state index is 12.7. The van der Waals surface area contributed by atoms with Crippen molar-refractivity contribution in [2.45, 2.75) is 12.7 Å². The number of alkyl halides is 3. The first-order valence-corrected chi connectivity index (χ1v) is 4.86. The molecule has 6 heteroatoms. The Hall–Kier alpha value is -0.940. The monoisotopic (exact) mass is 253 g/mol. The molecular formula is C10H11ClF3NO. The summed E-state index contributed by atoms with van der Waals surface area (Å²) < 4.78 is 42.8. The molecule has 0 saturated heterocycles. The van der Waals surface area contributed by atoms with Crippen molar-refractivity contribution < 1.29 is 17.9 Å². The van der Waals surface area contributed by atoms with Crippen LogP contribution in [0.3, 0.4) is 0 Å². The predicted octanol–water partition coefficient (Wildman–Crippen LogP) is 3.09. The topological polar surface area (TPSA) is 21.3 Å². The number of benzene rings is 1. The molecule has 0 atom stereocenters. The summed E-state index contributed by atoms with van der Waals surface area (Å²) in [4.78, 5) is 0. The van der Waals surface area contributed by atoms with Gasteiger partial charge in [-0.05, 0) is 24.7 Å². The molecule has 90 valence electrons. The smallest absolute Gasteiger partial charge is 0.416 e. The first-order valence-electron chi connectivity index (χ1n) is 4.48. The number of hydrogen-bond acceptors (Lipinski definition) is 2. The van der Waals surface area contributed by atoms with Crippen molar-refractivity contribution in [2.24, 2.45) is 0 Å². The second-order valence-corrected chi connectivity index (χ2v) is 3.58. The van der Waals surface area contributed by atoms with Gasteiger partial charge in [-0.25, -0.2) is 0 Å². The van der Waals surface area contributed by atoms with Crippen LogP contribution in [0.25, 0.3) is 0 Å². The molecule has 0 radical (unpaired) electrons. The van der Waals surface area contributed by atoms with E-state index >= 15 is 0 Å². The van der Waals surface area contributed by atoms with Crippen LogP contribution in [-0.4, -0.2) is 14.2 Å². The number of rotatable bonds is 3. The Balaban J connectivity index is 3.31. The zero-order chi connectivity index (χ0) is 12.3. The van der Waals surface area contributed by atoms with Crippen LogP contribution in [0.2, 0.25) is 5.02 Å². The predicted molar refractivity (Wildman–Crippen MR) is 55.8 cm³/mol. The molecule has 1 N–H and O–H groups in total. The highest BCUT2D eigenvalue weighted by atomic mass is 35.5. The first kappa shape index (κ1) is 13.1. The number of methoxy groups -OCH3 is 1. The van der Waals surface area contributed by atoms with E-state index < -0.39 is 11.7 Å². The second-order valence-electron chi connectivity index (χ2n) is 3.17. The third-order valence-electron chi connectivity index (χ3n) is 2.05. The maximum Gasteiger partial charge on any atom is 0.416 e. The van der Waals surface area contributed by atoms with E-state index in [1.54, 1.807) is 7.05 Å². The van der Waals surface area contributed by atoms with Crippen molar-refractivity contribution in [3.05, 3.63) is 28.3 Å². The lowest BCUT2D eigenvalue weighted by Crippen LogP contribution is -2.14. The lowest BCUT2D eigenvalue weighted by atomic mass is 10.1.